The van der Waals surface area contributed by atoms with Gasteiger partial charge in [-0.1, -0.05) is 0 Å². The van der Waals surface area contributed by atoms with Gasteiger partial charge in [0.15, 0.2) is 0 Å². The normalized spacial score (nSPS) is 20.6. The zero-order chi connectivity index (χ0) is 10.3. The fraction of sp³-hybridized carbons (Fsp3) is 0.500. The maximum absolute atomic E-state index is 5.88. The molecule has 2 aliphatic heterocycles. The van der Waals surface area contributed by atoms with E-state index in [0.717, 1.165) is 31.8 Å². The summed E-state index contributed by atoms with van der Waals surface area (Å²) in [4.78, 5) is 2.26. The van der Waals surface area contributed by atoms with Crippen LogP contribution in [0.15, 0.2) is 18.2 Å². The summed E-state index contributed by atoms with van der Waals surface area (Å²) in [6, 6.07) is 6.36. The van der Waals surface area contributed by atoms with Gasteiger partial charge in [0.2, 0.25) is 0 Å². The lowest BCUT2D eigenvalue weighted by atomic mass is 10.1. The van der Waals surface area contributed by atoms with Gasteiger partial charge in [-0.3, -0.25) is 4.90 Å². The summed E-state index contributed by atoms with van der Waals surface area (Å²) >= 11 is 0. The Morgan fingerprint density at radius 2 is 2.27 bits per heavy atom. The number of ether oxygens (including phenoxy) is 1. The Morgan fingerprint density at radius 3 is 3.07 bits per heavy atom. The van der Waals surface area contributed by atoms with Crippen LogP contribution in [0.4, 0.5) is 5.69 Å². The first-order valence-electron chi connectivity index (χ1n) is 5.53. The van der Waals surface area contributed by atoms with Crippen LogP contribution in [-0.2, 0) is 6.42 Å². The van der Waals surface area contributed by atoms with Crippen molar-refractivity contribution in [3.8, 4) is 5.75 Å². The quantitative estimate of drug-likeness (QED) is 0.787. The number of hydrogen-bond donors (Lipinski definition) is 1. The van der Waals surface area contributed by atoms with Gasteiger partial charge in [-0.05, 0) is 37.2 Å². The molecule has 3 rings (SSSR count). The predicted octanol–water partition coefficient (Wildman–Crippen LogP) is 1.35. The van der Waals surface area contributed by atoms with Gasteiger partial charge in [-0.15, -0.1) is 0 Å². The zero-order valence-corrected chi connectivity index (χ0v) is 8.99. The minimum Gasteiger partial charge on any atom is -0.488 e. The van der Waals surface area contributed by atoms with Crippen LogP contribution in [0.1, 0.15) is 5.56 Å². The highest BCUT2D eigenvalue weighted by Gasteiger charge is 2.25. The number of hydrogen-bond acceptors (Lipinski definition) is 3. The Bertz CT molecular complexity index is 372. The topological polar surface area (TPSA) is 24.5 Å². The number of anilines is 1. The summed E-state index contributed by atoms with van der Waals surface area (Å²) in [5.41, 5.74) is 2.66. The van der Waals surface area contributed by atoms with Gasteiger partial charge >= 0.3 is 0 Å². The molecule has 0 aromatic heterocycles. The van der Waals surface area contributed by atoms with Crippen LogP contribution < -0.4 is 10.1 Å². The maximum Gasteiger partial charge on any atom is 0.124 e. The van der Waals surface area contributed by atoms with Gasteiger partial charge in [0.05, 0.1) is 0 Å². The molecular formula is C12H16N2O. The lowest BCUT2D eigenvalue weighted by molar-refractivity contribution is 0.0388. The van der Waals surface area contributed by atoms with Crippen molar-refractivity contribution >= 4 is 5.69 Å². The van der Waals surface area contributed by atoms with Crippen molar-refractivity contribution in [2.24, 2.45) is 0 Å². The second-order valence-electron chi connectivity index (χ2n) is 4.46. The van der Waals surface area contributed by atoms with E-state index in [0.29, 0.717) is 6.10 Å². The third kappa shape index (κ3) is 1.67. The van der Waals surface area contributed by atoms with Crippen LogP contribution in [0.2, 0.25) is 0 Å². The van der Waals surface area contributed by atoms with Gasteiger partial charge < -0.3 is 10.1 Å². The maximum atomic E-state index is 5.88. The van der Waals surface area contributed by atoms with E-state index in [-0.39, 0.29) is 0 Å². The van der Waals surface area contributed by atoms with E-state index in [9.17, 15) is 0 Å². The fourth-order valence-corrected chi connectivity index (χ4v) is 2.26. The Labute approximate surface area is 90.0 Å². The van der Waals surface area contributed by atoms with Crippen LogP contribution in [0.5, 0.6) is 5.75 Å². The van der Waals surface area contributed by atoms with E-state index < -0.39 is 0 Å². The van der Waals surface area contributed by atoms with Crippen LogP contribution in [0, 0.1) is 0 Å². The minimum absolute atomic E-state index is 0.391. The standard InChI is InChI=1S/C12H16N2O/c1-14-7-11(8-14)15-10-2-3-12-9(6-10)4-5-13-12/h2-3,6,11,13H,4-5,7-8H2,1H3. The predicted molar refractivity (Wildman–Crippen MR) is 60.5 cm³/mol. The first-order valence-corrected chi connectivity index (χ1v) is 5.53. The molecule has 0 radical (unpaired) electrons. The molecule has 1 N–H and O–H groups in total. The van der Waals surface area contributed by atoms with Crippen molar-refractivity contribution in [2.75, 3.05) is 32.0 Å². The van der Waals surface area contributed by atoms with Crippen molar-refractivity contribution in [1.29, 1.82) is 0 Å². The first-order chi connectivity index (χ1) is 7.31. The average molecular weight is 204 g/mol. The van der Waals surface area contributed by atoms with Gasteiger partial charge in [-0.25, -0.2) is 0 Å². The highest BCUT2D eigenvalue weighted by Crippen LogP contribution is 2.27. The van der Waals surface area contributed by atoms with Crippen LogP contribution in [0.3, 0.4) is 0 Å². The lowest BCUT2D eigenvalue weighted by Crippen LogP contribution is -2.51. The second-order valence-corrected chi connectivity index (χ2v) is 4.46. The van der Waals surface area contributed by atoms with Crippen LogP contribution in [0.25, 0.3) is 0 Å². The largest absolute Gasteiger partial charge is 0.488 e. The molecular weight excluding hydrogens is 188 g/mol. The van der Waals surface area contributed by atoms with Crippen molar-refractivity contribution < 1.29 is 4.74 Å². The van der Waals surface area contributed by atoms with Gasteiger partial charge in [-0.2, -0.15) is 0 Å². The molecule has 0 spiro atoms. The fourth-order valence-electron chi connectivity index (χ4n) is 2.26. The highest BCUT2D eigenvalue weighted by atomic mass is 16.5. The summed E-state index contributed by atoms with van der Waals surface area (Å²) in [7, 11) is 2.12. The lowest BCUT2D eigenvalue weighted by Gasteiger charge is -2.36. The number of fused-ring (bicyclic) bond motifs is 1. The summed E-state index contributed by atoms with van der Waals surface area (Å²) in [6.07, 6.45) is 1.51. The molecule has 0 atom stereocenters. The third-order valence-electron chi connectivity index (χ3n) is 3.12. The van der Waals surface area contributed by atoms with Crippen molar-refractivity contribution in [3.63, 3.8) is 0 Å². The number of rotatable bonds is 2. The molecule has 1 saturated heterocycles. The van der Waals surface area contributed by atoms with Crippen molar-refractivity contribution in [2.45, 2.75) is 12.5 Å². The Morgan fingerprint density at radius 1 is 1.40 bits per heavy atom. The molecule has 1 fully saturated rings. The van der Waals surface area contributed by atoms with E-state index in [1.807, 2.05) is 0 Å². The van der Waals surface area contributed by atoms with E-state index in [2.05, 4.69) is 35.5 Å². The molecule has 1 aromatic carbocycles. The Hall–Kier alpha value is -1.22. The molecule has 3 nitrogen and oxygen atoms in total. The van der Waals surface area contributed by atoms with Crippen molar-refractivity contribution in [1.82, 2.24) is 4.90 Å². The molecule has 0 saturated carbocycles. The molecule has 2 aliphatic rings. The van der Waals surface area contributed by atoms with E-state index >= 15 is 0 Å². The molecule has 0 amide bonds. The minimum atomic E-state index is 0.391. The molecule has 0 unspecified atom stereocenters. The summed E-state index contributed by atoms with van der Waals surface area (Å²) < 4.78 is 5.88. The monoisotopic (exact) mass is 204 g/mol. The first kappa shape index (κ1) is 9.04. The van der Waals surface area contributed by atoms with E-state index in [1.54, 1.807) is 0 Å². The number of benzene rings is 1. The number of likely N-dealkylation sites (N-methyl/N-ethyl adjacent to an activating group) is 1. The second kappa shape index (κ2) is 3.42. The number of nitrogens with one attached hydrogen (secondary N) is 1. The Balaban J connectivity index is 1.70. The molecule has 1 aromatic rings. The van der Waals surface area contributed by atoms with E-state index in [4.69, 9.17) is 4.74 Å². The van der Waals surface area contributed by atoms with Gasteiger partial charge in [0.1, 0.15) is 11.9 Å². The van der Waals surface area contributed by atoms with Crippen molar-refractivity contribution in [3.05, 3.63) is 23.8 Å². The molecule has 0 bridgehead atoms. The zero-order valence-electron chi connectivity index (χ0n) is 8.99. The highest BCUT2D eigenvalue weighted by molar-refractivity contribution is 5.57. The van der Waals surface area contributed by atoms with Gasteiger partial charge in [0.25, 0.3) is 0 Å². The summed E-state index contributed by atoms with van der Waals surface area (Å²) in [5.74, 6) is 1.02. The molecule has 0 aliphatic carbocycles. The molecule has 15 heavy (non-hydrogen) atoms. The smallest absolute Gasteiger partial charge is 0.124 e. The Kier molecular flexibility index (Phi) is 2.06. The van der Waals surface area contributed by atoms with E-state index in [1.165, 1.54) is 11.3 Å². The summed E-state index contributed by atoms with van der Waals surface area (Å²) in [5, 5.41) is 3.35. The molecule has 3 heteroatoms. The van der Waals surface area contributed by atoms with Crippen LogP contribution in [-0.4, -0.2) is 37.7 Å². The summed E-state index contributed by atoms with van der Waals surface area (Å²) in [6.45, 7) is 3.16. The third-order valence-corrected chi connectivity index (χ3v) is 3.12. The molecule has 2 heterocycles. The average Bonchev–Trinajstić information content (AvgIpc) is 2.62. The number of likely N-dealkylation sites (tertiary alicyclic amines) is 1. The SMILES string of the molecule is CN1CC(Oc2ccc3c(c2)CCN3)C1. The molecule has 80 valence electrons. The van der Waals surface area contributed by atoms with Crippen LogP contribution >= 0.6 is 0 Å². The van der Waals surface area contributed by atoms with Gasteiger partial charge in [0, 0.05) is 25.3 Å². The number of nitrogens with zero attached hydrogens (tertiary/aromatic N) is 1.